The van der Waals surface area contributed by atoms with Crippen molar-refractivity contribution in [1.82, 2.24) is 0 Å². The van der Waals surface area contributed by atoms with E-state index in [1.165, 1.54) is 0 Å². The van der Waals surface area contributed by atoms with Gasteiger partial charge in [0.1, 0.15) is 6.10 Å². The minimum Gasteiger partial charge on any atom is -0.390 e. The van der Waals surface area contributed by atoms with Crippen molar-refractivity contribution in [2.75, 3.05) is 12.0 Å². The Morgan fingerprint density at radius 2 is 2.13 bits per heavy atom. The number of hydrogen-bond donors (Lipinski definition) is 3. The molecule has 0 heterocycles. The average Bonchev–Trinajstić information content (AvgIpc) is 2.28. The zero-order valence-corrected chi connectivity index (χ0v) is 10.3. The van der Waals surface area contributed by atoms with Gasteiger partial charge in [0.25, 0.3) is 0 Å². The molecule has 0 radical (unpaired) electrons. The maximum Gasteiger partial charge on any atom is 0.105 e. The Morgan fingerprint density at radius 3 is 2.73 bits per heavy atom. The summed E-state index contributed by atoms with van der Waals surface area (Å²) in [4.78, 5) is 1.09. The van der Waals surface area contributed by atoms with Gasteiger partial charge in [-0.15, -0.1) is 11.8 Å². The van der Waals surface area contributed by atoms with Crippen LogP contribution in [0.3, 0.4) is 0 Å². The molecule has 4 heteroatoms. The van der Waals surface area contributed by atoms with Crippen molar-refractivity contribution in [3.63, 3.8) is 0 Å². The molecule has 1 rings (SSSR count). The zero-order chi connectivity index (χ0) is 11.3. The molecule has 84 valence electrons. The fraction of sp³-hybridized carbons (Fsp3) is 0.455. The fourth-order valence-electron chi connectivity index (χ4n) is 1.34. The summed E-state index contributed by atoms with van der Waals surface area (Å²) in [7, 11) is 0. The predicted molar refractivity (Wildman–Crippen MR) is 67.7 cm³/mol. The first kappa shape index (κ1) is 12.9. The number of thioether (sulfide) groups is 1. The van der Waals surface area contributed by atoms with Gasteiger partial charge in [0.2, 0.25) is 0 Å². The molecule has 0 aliphatic heterocycles. The highest BCUT2D eigenvalue weighted by Gasteiger charge is 2.17. The number of aliphatic hydroxyl groups excluding tert-OH is 2. The van der Waals surface area contributed by atoms with E-state index in [0.717, 1.165) is 10.5 Å². The smallest absolute Gasteiger partial charge is 0.105 e. The van der Waals surface area contributed by atoms with Gasteiger partial charge in [-0.25, -0.2) is 0 Å². The van der Waals surface area contributed by atoms with Crippen LogP contribution in [0.2, 0.25) is 0 Å². The van der Waals surface area contributed by atoms with Gasteiger partial charge in [0.05, 0.1) is 6.10 Å². The van der Waals surface area contributed by atoms with Crippen molar-refractivity contribution in [1.29, 1.82) is 0 Å². The van der Waals surface area contributed by atoms with Crippen LogP contribution < -0.4 is 0 Å². The molecule has 15 heavy (non-hydrogen) atoms. The summed E-state index contributed by atoms with van der Waals surface area (Å²) in [6, 6.07) is 7.59. The zero-order valence-electron chi connectivity index (χ0n) is 8.63. The predicted octanol–water partition coefficient (Wildman–Crippen LogP) is 2.12. The molecular weight excluding hydrogens is 228 g/mol. The van der Waals surface area contributed by atoms with E-state index >= 15 is 0 Å². The molecule has 0 saturated heterocycles. The molecule has 0 saturated carbocycles. The van der Waals surface area contributed by atoms with Crippen molar-refractivity contribution < 1.29 is 10.2 Å². The first-order valence-electron chi connectivity index (χ1n) is 4.80. The summed E-state index contributed by atoms with van der Waals surface area (Å²) in [6.07, 6.45) is 0.924. The monoisotopic (exact) mass is 244 g/mol. The summed E-state index contributed by atoms with van der Waals surface area (Å²) < 4.78 is 0. The summed E-state index contributed by atoms with van der Waals surface area (Å²) in [5, 5.41) is 19.5. The van der Waals surface area contributed by atoms with E-state index in [2.05, 4.69) is 12.6 Å². The van der Waals surface area contributed by atoms with E-state index in [0.29, 0.717) is 12.2 Å². The summed E-state index contributed by atoms with van der Waals surface area (Å²) in [5.74, 6) is 0.570. The van der Waals surface area contributed by atoms with E-state index in [-0.39, 0.29) is 0 Å². The maximum absolute atomic E-state index is 9.85. The molecular formula is C11H16O2S2. The van der Waals surface area contributed by atoms with Gasteiger partial charge in [-0.2, -0.15) is 12.6 Å². The normalized spacial score (nSPS) is 14.9. The minimum atomic E-state index is -0.816. The van der Waals surface area contributed by atoms with Crippen molar-refractivity contribution in [3.05, 3.63) is 29.8 Å². The van der Waals surface area contributed by atoms with Gasteiger partial charge in [-0.3, -0.25) is 0 Å². The Hall–Kier alpha value is -0.160. The van der Waals surface area contributed by atoms with E-state index in [1.54, 1.807) is 11.8 Å². The minimum absolute atomic E-state index is 0.494. The van der Waals surface area contributed by atoms with Crippen LogP contribution in [0.1, 0.15) is 18.1 Å². The number of thiol groups is 1. The Kier molecular flexibility index (Phi) is 5.53. The first-order valence-corrected chi connectivity index (χ1v) is 6.65. The van der Waals surface area contributed by atoms with Crippen LogP contribution in [-0.4, -0.2) is 28.3 Å². The maximum atomic E-state index is 9.85. The van der Waals surface area contributed by atoms with Crippen molar-refractivity contribution in [2.24, 2.45) is 0 Å². The van der Waals surface area contributed by atoms with Gasteiger partial charge in [-0.1, -0.05) is 12.1 Å². The number of rotatable bonds is 5. The molecule has 2 unspecified atom stereocenters. The van der Waals surface area contributed by atoms with Crippen LogP contribution >= 0.6 is 24.4 Å². The van der Waals surface area contributed by atoms with Crippen molar-refractivity contribution >= 4 is 24.4 Å². The van der Waals surface area contributed by atoms with E-state index in [1.807, 2.05) is 30.5 Å². The molecule has 1 aromatic rings. The summed E-state index contributed by atoms with van der Waals surface area (Å²) in [5.41, 5.74) is 0.760. The molecule has 0 amide bonds. The fourth-order valence-corrected chi connectivity index (χ4v) is 2.07. The average molecular weight is 244 g/mol. The van der Waals surface area contributed by atoms with E-state index < -0.39 is 12.2 Å². The largest absolute Gasteiger partial charge is 0.390 e. The Morgan fingerprint density at radius 1 is 1.40 bits per heavy atom. The van der Waals surface area contributed by atoms with Gasteiger partial charge in [0.15, 0.2) is 0 Å². The van der Waals surface area contributed by atoms with E-state index in [4.69, 9.17) is 0 Å². The van der Waals surface area contributed by atoms with Crippen molar-refractivity contribution in [2.45, 2.75) is 23.5 Å². The summed E-state index contributed by atoms with van der Waals surface area (Å²) in [6.45, 7) is 0. The van der Waals surface area contributed by atoms with Crippen LogP contribution in [0.15, 0.2) is 29.2 Å². The SMILES string of the molecule is CSc1cccc(C(O)C(O)CCS)c1. The summed E-state index contributed by atoms with van der Waals surface area (Å²) >= 11 is 5.65. The number of benzene rings is 1. The molecule has 1 aromatic carbocycles. The van der Waals surface area contributed by atoms with Gasteiger partial charge in [-0.05, 0) is 36.1 Å². The molecule has 2 nitrogen and oxygen atoms in total. The molecule has 0 bridgehead atoms. The third kappa shape index (κ3) is 3.72. The molecule has 0 aliphatic carbocycles. The van der Waals surface area contributed by atoms with Crippen LogP contribution in [0.25, 0.3) is 0 Å². The lowest BCUT2D eigenvalue weighted by Crippen LogP contribution is -2.18. The highest BCUT2D eigenvalue weighted by molar-refractivity contribution is 7.98. The lowest BCUT2D eigenvalue weighted by Gasteiger charge is -2.17. The topological polar surface area (TPSA) is 40.5 Å². The lowest BCUT2D eigenvalue weighted by molar-refractivity contribution is 0.0171. The highest BCUT2D eigenvalue weighted by atomic mass is 32.2. The Balaban J connectivity index is 2.76. The molecule has 0 aliphatic rings. The van der Waals surface area contributed by atoms with Crippen LogP contribution in [0, 0.1) is 0 Å². The third-order valence-electron chi connectivity index (χ3n) is 2.22. The van der Waals surface area contributed by atoms with Gasteiger partial charge >= 0.3 is 0 Å². The second-order valence-corrected chi connectivity index (χ2v) is 4.63. The van der Waals surface area contributed by atoms with Crippen molar-refractivity contribution in [3.8, 4) is 0 Å². The lowest BCUT2D eigenvalue weighted by atomic mass is 10.0. The second kappa shape index (κ2) is 6.43. The standard InChI is InChI=1S/C11H16O2S2/c1-15-9-4-2-3-8(7-9)11(13)10(12)5-6-14/h2-4,7,10-14H,5-6H2,1H3. The van der Waals surface area contributed by atoms with Crippen LogP contribution in [0.5, 0.6) is 0 Å². The quantitative estimate of drug-likeness (QED) is 0.549. The number of hydrogen-bond acceptors (Lipinski definition) is 4. The third-order valence-corrected chi connectivity index (χ3v) is 3.21. The highest BCUT2D eigenvalue weighted by Crippen LogP contribution is 2.23. The molecule has 2 N–H and O–H groups in total. The Labute approximate surface area is 100 Å². The number of aliphatic hydroxyl groups is 2. The second-order valence-electron chi connectivity index (χ2n) is 3.30. The van der Waals surface area contributed by atoms with Crippen LogP contribution in [-0.2, 0) is 0 Å². The molecule has 0 aromatic heterocycles. The molecule has 2 atom stereocenters. The Bertz CT molecular complexity index is 304. The molecule has 0 spiro atoms. The van der Waals surface area contributed by atoms with Gasteiger partial charge < -0.3 is 10.2 Å². The molecule has 0 fully saturated rings. The first-order chi connectivity index (χ1) is 7.19. The van der Waals surface area contributed by atoms with E-state index in [9.17, 15) is 10.2 Å². The van der Waals surface area contributed by atoms with Crippen LogP contribution in [0.4, 0.5) is 0 Å². The van der Waals surface area contributed by atoms with Gasteiger partial charge in [0, 0.05) is 4.90 Å².